The van der Waals surface area contributed by atoms with Gasteiger partial charge in [-0.25, -0.2) is 23.7 Å². The largest absolute Gasteiger partial charge is 0.450 e. The number of aromatic nitrogens is 2. The van der Waals surface area contributed by atoms with Gasteiger partial charge in [0.05, 0.1) is 29.1 Å². The van der Waals surface area contributed by atoms with Gasteiger partial charge in [-0.3, -0.25) is 4.79 Å². The van der Waals surface area contributed by atoms with Crippen LogP contribution in [0.15, 0.2) is 89.7 Å². The highest BCUT2D eigenvalue weighted by Gasteiger charge is 2.26. The van der Waals surface area contributed by atoms with Crippen LogP contribution >= 0.6 is 0 Å². The van der Waals surface area contributed by atoms with Crippen molar-refractivity contribution >= 4 is 18.0 Å². The average molecular weight is 558 g/mol. The summed E-state index contributed by atoms with van der Waals surface area (Å²) in [4.78, 5) is 50.8. The van der Waals surface area contributed by atoms with Crippen LogP contribution in [0.2, 0.25) is 0 Å². The smallest absolute Gasteiger partial charge is 0.407 e. The van der Waals surface area contributed by atoms with Crippen LogP contribution in [0, 0.1) is 0 Å². The number of para-hydroxylation sites is 1. The molecule has 0 unspecified atom stereocenters. The number of hydrogen-bond donors (Lipinski definition) is 1. The Hall–Kier alpha value is -5.12. The summed E-state index contributed by atoms with van der Waals surface area (Å²) in [5, 5.41) is 2.34. The maximum Gasteiger partial charge on any atom is 0.407 e. The van der Waals surface area contributed by atoms with E-state index >= 15 is 0 Å². The average Bonchev–Trinajstić information content (AvgIpc) is 3.26. The molecule has 1 N–H and O–H groups in total. The molecule has 0 aliphatic rings. The maximum absolute atomic E-state index is 13.8. The van der Waals surface area contributed by atoms with Gasteiger partial charge in [0, 0.05) is 0 Å². The molecule has 212 valence electrons. The van der Waals surface area contributed by atoms with E-state index in [0.29, 0.717) is 41.1 Å². The molecule has 1 aromatic heterocycles. The summed E-state index contributed by atoms with van der Waals surface area (Å²) in [6, 6.07) is 24.1. The molecule has 41 heavy (non-hydrogen) atoms. The quantitative estimate of drug-likeness (QED) is 0.207. The Balaban J connectivity index is 1.74. The first-order chi connectivity index (χ1) is 19.9. The zero-order valence-corrected chi connectivity index (χ0v) is 22.9. The number of ether oxygens (including phenoxy) is 3. The summed E-state index contributed by atoms with van der Waals surface area (Å²) in [7, 11) is 0. The van der Waals surface area contributed by atoms with E-state index < -0.39 is 24.6 Å². The summed E-state index contributed by atoms with van der Waals surface area (Å²) in [6.45, 7) is 3.34. The van der Waals surface area contributed by atoms with Gasteiger partial charge < -0.3 is 19.5 Å². The summed E-state index contributed by atoms with van der Waals surface area (Å²) < 4.78 is 19.0. The number of carbonyl (C=O) groups is 3. The number of nitrogens with zero attached hydrogens (tertiary/aromatic N) is 2. The standard InChI is InChI=1S/C31H31N3O7/c1-3-5-16-26-28(36)33(23-14-10-7-11-15-23)34(29(26)41-27(35)21-32-31(38)39-4-2)24-17-19-25(20-18-24)40-30(37)22-12-8-6-9-13-22/h6-15,17-20H,3-5,16,21H2,1-2H3,(H,32,38). The maximum atomic E-state index is 13.8. The lowest BCUT2D eigenvalue weighted by molar-refractivity contribution is -0.133. The van der Waals surface area contributed by atoms with E-state index in [1.807, 2.05) is 13.0 Å². The molecule has 10 heteroatoms. The van der Waals surface area contributed by atoms with Gasteiger partial charge >= 0.3 is 18.0 Å². The van der Waals surface area contributed by atoms with Crippen molar-refractivity contribution in [2.45, 2.75) is 33.1 Å². The third-order valence-corrected chi connectivity index (χ3v) is 6.05. The highest BCUT2D eigenvalue weighted by molar-refractivity contribution is 5.91. The van der Waals surface area contributed by atoms with Crippen molar-refractivity contribution in [3.63, 3.8) is 0 Å². The minimum Gasteiger partial charge on any atom is -0.450 e. The van der Waals surface area contributed by atoms with E-state index in [4.69, 9.17) is 14.2 Å². The van der Waals surface area contributed by atoms with Crippen molar-refractivity contribution in [1.29, 1.82) is 0 Å². The van der Waals surface area contributed by atoms with E-state index in [9.17, 15) is 19.2 Å². The highest BCUT2D eigenvalue weighted by Crippen LogP contribution is 2.27. The zero-order chi connectivity index (χ0) is 29.2. The van der Waals surface area contributed by atoms with Crippen LogP contribution in [0.25, 0.3) is 11.4 Å². The Bertz CT molecular complexity index is 1540. The van der Waals surface area contributed by atoms with Crippen LogP contribution in [0.1, 0.15) is 42.6 Å². The number of benzene rings is 3. The van der Waals surface area contributed by atoms with E-state index in [1.54, 1.807) is 85.8 Å². The van der Waals surface area contributed by atoms with Crippen LogP contribution in [-0.4, -0.2) is 40.5 Å². The number of carbonyl (C=O) groups excluding carboxylic acids is 3. The predicted octanol–water partition coefficient (Wildman–Crippen LogP) is 4.84. The summed E-state index contributed by atoms with van der Waals surface area (Å²) >= 11 is 0. The monoisotopic (exact) mass is 557 g/mol. The highest BCUT2D eigenvalue weighted by atomic mass is 16.6. The minimum atomic E-state index is -0.775. The lowest BCUT2D eigenvalue weighted by Crippen LogP contribution is -2.32. The van der Waals surface area contributed by atoms with Gasteiger partial charge in [0.25, 0.3) is 5.56 Å². The molecule has 0 radical (unpaired) electrons. The molecule has 0 saturated carbocycles. The summed E-state index contributed by atoms with van der Waals surface area (Å²) in [5.41, 5.74) is 1.42. The topological polar surface area (TPSA) is 118 Å². The van der Waals surface area contributed by atoms with E-state index in [0.717, 1.165) is 6.42 Å². The third-order valence-electron chi connectivity index (χ3n) is 6.05. The number of hydrogen-bond acceptors (Lipinski definition) is 7. The van der Waals surface area contributed by atoms with Gasteiger partial charge in [0.15, 0.2) is 0 Å². The number of nitrogens with one attached hydrogen (secondary N) is 1. The molecule has 4 aromatic rings. The van der Waals surface area contributed by atoms with Crippen molar-refractivity contribution < 1.29 is 28.6 Å². The number of amides is 1. The fourth-order valence-corrected chi connectivity index (χ4v) is 4.10. The van der Waals surface area contributed by atoms with Crippen LogP contribution in [0.4, 0.5) is 4.79 Å². The number of esters is 2. The molecule has 0 saturated heterocycles. The van der Waals surface area contributed by atoms with Crippen molar-refractivity contribution in [3.05, 3.63) is 106 Å². The molecule has 10 nitrogen and oxygen atoms in total. The number of unbranched alkanes of at least 4 members (excludes halogenated alkanes) is 1. The lowest BCUT2D eigenvalue weighted by Gasteiger charge is -2.16. The van der Waals surface area contributed by atoms with Crippen molar-refractivity contribution in [2.75, 3.05) is 13.2 Å². The Morgan fingerprint density at radius 2 is 1.41 bits per heavy atom. The first kappa shape index (κ1) is 28.9. The van der Waals surface area contributed by atoms with Crippen LogP contribution in [-0.2, 0) is 16.0 Å². The van der Waals surface area contributed by atoms with Gasteiger partial charge in [-0.15, -0.1) is 0 Å². The third kappa shape index (κ3) is 7.10. The molecule has 0 spiro atoms. The molecule has 0 aliphatic heterocycles. The summed E-state index contributed by atoms with van der Waals surface area (Å²) in [6.07, 6.45) is 1.12. The van der Waals surface area contributed by atoms with Gasteiger partial charge in [0.2, 0.25) is 5.88 Å². The lowest BCUT2D eigenvalue weighted by atomic mass is 10.1. The molecular formula is C31H31N3O7. The molecule has 0 bridgehead atoms. The molecule has 3 aromatic carbocycles. The molecular weight excluding hydrogens is 526 g/mol. The fourth-order valence-electron chi connectivity index (χ4n) is 4.10. The van der Waals surface area contributed by atoms with Gasteiger partial charge in [-0.05, 0) is 68.3 Å². The zero-order valence-electron chi connectivity index (χ0n) is 22.9. The first-order valence-electron chi connectivity index (χ1n) is 13.3. The van der Waals surface area contributed by atoms with E-state index in [-0.39, 0.29) is 18.0 Å². The van der Waals surface area contributed by atoms with Crippen LogP contribution in [0.5, 0.6) is 11.6 Å². The molecule has 1 amide bonds. The Kier molecular flexibility index (Phi) is 9.71. The summed E-state index contributed by atoms with van der Waals surface area (Å²) in [5.74, 6) is -0.946. The Labute approximate surface area is 237 Å². The Morgan fingerprint density at radius 1 is 0.780 bits per heavy atom. The van der Waals surface area contributed by atoms with Gasteiger partial charge in [0.1, 0.15) is 12.3 Å². The second kappa shape index (κ2) is 13.8. The molecule has 1 heterocycles. The second-order valence-electron chi connectivity index (χ2n) is 8.95. The van der Waals surface area contributed by atoms with Crippen molar-refractivity contribution in [1.82, 2.24) is 14.7 Å². The number of alkyl carbamates (subject to hydrolysis) is 1. The SMILES string of the molecule is CCCCc1c(OC(=O)CNC(=O)OCC)n(-c2ccc(OC(=O)c3ccccc3)cc2)n(-c2ccccc2)c1=O. The number of rotatable bonds is 11. The van der Waals surface area contributed by atoms with Gasteiger partial charge in [-0.2, -0.15) is 0 Å². The molecule has 4 rings (SSSR count). The van der Waals surface area contributed by atoms with E-state index in [2.05, 4.69) is 5.32 Å². The van der Waals surface area contributed by atoms with Crippen molar-refractivity contribution in [3.8, 4) is 23.0 Å². The predicted molar refractivity (Wildman–Crippen MR) is 152 cm³/mol. The fraction of sp³-hybridized carbons (Fsp3) is 0.226. The molecule has 0 aliphatic carbocycles. The van der Waals surface area contributed by atoms with E-state index in [1.165, 1.54) is 9.36 Å². The normalized spacial score (nSPS) is 10.6. The van der Waals surface area contributed by atoms with Crippen LogP contribution < -0.4 is 20.3 Å². The van der Waals surface area contributed by atoms with Crippen LogP contribution in [0.3, 0.4) is 0 Å². The Morgan fingerprint density at radius 3 is 2.05 bits per heavy atom. The van der Waals surface area contributed by atoms with Crippen molar-refractivity contribution in [2.24, 2.45) is 0 Å². The van der Waals surface area contributed by atoms with Gasteiger partial charge in [-0.1, -0.05) is 49.7 Å². The molecule has 0 fully saturated rings. The second-order valence-corrected chi connectivity index (χ2v) is 8.95. The molecule has 0 atom stereocenters. The first-order valence-corrected chi connectivity index (χ1v) is 13.3. The minimum absolute atomic E-state index is 0.0389.